The zero-order chi connectivity index (χ0) is 23.0. The first-order chi connectivity index (χ1) is 14.7. The fraction of sp³-hybridized carbons (Fsp3) is 0.364. The van der Waals surface area contributed by atoms with Gasteiger partial charge in [0.1, 0.15) is 0 Å². The molecule has 0 radical (unpaired) electrons. The van der Waals surface area contributed by atoms with Gasteiger partial charge in [-0.05, 0) is 36.6 Å². The Morgan fingerprint density at radius 2 is 1.74 bits per heavy atom. The third-order valence-electron chi connectivity index (χ3n) is 4.80. The number of hydrogen-bond donors (Lipinski definition) is 1. The number of sulfonamides is 1. The zero-order valence-corrected chi connectivity index (χ0v) is 19.4. The molecule has 2 rings (SSSR count). The summed E-state index contributed by atoms with van der Waals surface area (Å²) in [5.74, 6) is -1.29. The lowest BCUT2D eigenvalue weighted by Gasteiger charge is -2.18. The van der Waals surface area contributed by atoms with E-state index in [0.29, 0.717) is 0 Å². The number of nitrogens with zero attached hydrogens (tertiary/aromatic N) is 1. The zero-order valence-electron chi connectivity index (χ0n) is 17.8. The number of ether oxygens (including phenoxy) is 1. The third kappa shape index (κ3) is 6.78. The van der Waals surface area contributed by atoms with Gasteiger partial charge in [0, 0.05) is 19.6 Å². The number of amides is 1. The van der Waals surface area contributed by atoms with Crippen molar-refractivity contribution in [2.45, 2.75) is 44.2 Å². The van der Waals surface area contributed by atoms with E-state index in [1.807, 2.05) is 44.2 Å². The quantitative estimate of drug-likeness (QED) is 0.540. The monoisotopic (exact) mass is 466 g/mol. The minimum atomic E-state index is -3.88. The van der Waals surface area contributed by atoms with Crippen LogP contribution in [0.25, 0.3) is 0 Å². The standard InChI is InChI=1S/C22H27ClN2O5S/c1-4-17(5-2)24-21(26)15-30-22(27)19-13-18(11-12-20(19)23)31(28,29)25(3)14-16-9-7-6-8-10-16/h6-13,17H,4-5,14-15H2,1-3H3,(H,24,26). The van der Waals surface area contributed by atoms with Crippen molar-refractivity contribution in [1.29, 1.82) is 0 Å². The minimum absolute atomic E-state index is 0.00316. The van der Waals surface area contributed by atoms with Crippen LogP contribution in [-0.2, 0) is 26.1 Å². The van der Waals surface area contributed by atoms with Crippen molar-refractivity contribution in [2.24, 2.45) is 0 Å². The highest BCUT2D eigenvalue weighted by Crippen LogP contribution is 2.24. The second kappa shape index (κ2) is 11.3. The average molecular weight is 467 g/mol. The summed E-state index contributed by atoms with van der Waals surface area (Å²) in [4.78, 5) is 24.3. The molecule has 0 aliphatic carbocycles. The molecule has 0 aliphatic heterocycles. The predicted molar refractivity (Wildman–Crippen MR) is 119 cm³/mol. The second-order valence-corrected chi connectivity index (χ2v) is 9.50. The van der Waals surface area contributed by atoms with Gasteiger partial charge >= 0.3 is 5.97 Å². The SMILES string of the molecule is CCC(CC)NC(=O)COC(=O)c1cc(S(=O)(=O)N(C)Cc2ccccc2)ccc1Cl. The van der Waals surface area contributed by atoms with Crippen molar-refractivity contribution >= 4 is 33.5 Å². The molecule has 1 N–H and O–H groups in total. The van der Waals surface area contributed by atoms with Gasteiger partial charge in [0.25, 0.3) is 5.91 Å². The van der Waals surface area contributed by atoms with Crippen molar-refractivity contribution in [3.8, 4) is 0 Å². The Balaban J connectivity index is 2.13. The van der Waals surface area contributed by atoms with E-state index in [-0.39, 0.29) is 28.1 Å². The molecule has 0 atom stereocenters. The Hall–Kier alpha value is -2.42. The predicted octanol–water partition coefficient (Wildman–Crippen LogP) is 3.62. The number of esters is 1. The molecule has 0 aromatic heterocycles. The number of hydrogen-bond acceptors (Lipinski definition) is 5. The van der Waals surface area contributed by atoms with Gasteiger partial charge in [-0.15, -0.1) is 0 Å². The molecule has 0 saturated carbocycles. The van der Waals surface area contributed by atoms with Crippen molar-refractivity contribution < 1.29 is 22.7 Å². The van der Waals surface area contributed by atoms with Gasteiger partial charge < -0.3 is 10.1 Å². The fourth-order valence-corrected chi connectivity index (χ4v) is 4.28. The Labute approximate surface area is 188 Å². The van der Waals surface area contributed by atoms with Gasteiger partial charge in [-0.3, -0.25) is 4.79 Å². The molecule has 31 heavy (non-hydrogen) atoms. The van der Waals surface area contributed by atoms with E-state index in [4.69, 9.17) is 16.3 Å². The van der Waals surface area contributed by atoms with Gasteiger partial charge in [0.2, 0.25) is 10.0 Å². The molecule has 168 valence electrons. The number of carbonyl (C=O) groups excluding carboxylic acids is 2. The number of benzene rings is 2. The van der Waals surface area contributed by atoms with E-state index in [1.165, 1.54) is 29.6 Å². The number of carbonyl (C=O) groups is 2. The average Bonchev–Trinajstić information content (AvgIpc) is 2.76. The van der Waals surface area contributed by atoms with Crippen LogP contribution >= 0.6 is 11.6 Å². The van der Waals surface area contributed by atoms with Crippen molar-refractivity contribution in [1.82, 2.24) is 9.62 Å². The minimum Gasteiger partial charge on any atom is -0.452 e. The summed E-state index contributed by atoms with van der Waals surface area (Å²) in [6, 6.07) is 13.0. The first kappa shape index (κ1) is 24.8. The number of nitrogens with one attached hydrogen (secondary N) is 1. The molecule has 7 nitrogen and oxygen atoms in total. The van der Waals surface area contributed by atoms with E-state index < -0.39 is 28.5 Å². The molecule has 0 saturated heterocycles. The molecular formula is C22H27ClN2O5S. The van der Waals surface area contributed by atoms with Gasteiger partial charge in [0.15, 0.2) is 6.61 Å². The van der Waals surface area contributed by atoms with Crippen molar-refractivity contribution in [2.75, 3.05) is 13.7 Å². The van der Waals surface area contributed by atoms with Crippen LogP contribution in [-0.4, -0.2) is 44.3 Å². The highest BCUT2D eigenvalue weighted by atomic mass is 35.5. The van der Waals surface area contributed by atoms with Gasteiger partial charge in [-0.2, -0.15) is 4.31 Å². The largest absolute Gasteiger partial charge is 0.452 e. The smallest absolute Gasteiger partial charge is 0.340 e. The van der Waals surface area contributed by atoms with Gasteiger partial charge in [-0.25, -0.2) is 13.2 Å². The van der Waals surface area contributed by atoms with E-state index in [0.717, 1.165) is 18.4 Å². The van der Waals surface area contributed by atoms with E-state index >= 15 is 0 Å². The molecule has 0 spiro atoms. The van der Waals surface area contributed by atoms with Gasteiger partial charge in [0.05, 0.1) is 15.5 Å². The maximum atomic E-state index is 12.9. The molecule has 0 heterocycles. The summed E-state index contributed by atoms with van der Waals surface area (Å²) in [6.45, 7) is 3.58. The summed E-state index contributed by atoms with van der Waals surface area (Å²) >= 11 is 6.09. The summed E-state index contributed by atoms with van der Waals surface area (Å²) in [7, 11) is -2.42. The maximum Gasteiger partial charge on any atom is 0.340 e. The number of rotatable bonds is 10. The molecule has 9 heteroatoms. The van der Waals surface area contributed by atoms with Crippen molar-refractivity contribution in [3.05, 3.63) is 64.7 Å². The topological polar surface area (TPSA) is 92.8 Å². The summed E-state index contributed by atoms with van der Waals surface area (Å²) in [6.07, 6.45) is 1.52. The molecular weight excluding hydrogens is 440 g/mol. The van der Waals surface area contributed by atoms with E-state index in [2.05, 4.69) is 5.32 Å². The van der Waals surface area contributed by atoms with Crippen LogP contribution in [0.4, 0.5) is 0 Å². The fourth-order valence-electron chi connectivity index (χ4n) is 2.90. The highest BCUT2D eigenvalue weighted by Gasteiger charge is 2.24. The van der Waals surface area contributed by atoms with Crippen LogP contribution in [0.1, 0.15) is 42.6 Å². The van der Waals surface area contributed by atoms with Crippen LogP contribution in [0, 0.1) is 0 Å². The van der Waals surface area contributed by atoms with Crippen LogP contribution in [0.2, 0.25) is 5.02 Å². The van der Waals surface area contributed by atoms with E-state index in [1.54, 1.807) is 0 Å². The first-order valence-electron chi connectivity index (χ1n) is 9.95. The van der Waals surface area contributed by atoms with Crippen LogP contribution in [0.3, 0.4) is 0 Å². The molecule has 0 unspecified atom stereocenters. The van der Waals surface area contributed by atoms with E-state index in [9.17, 15) is 18.0 Å². The van der Waals surface area contributed by atoms with Crippen molar-refractivity contribution in [3.63, 3.8) is 0 Å². The van der Waals surface area contributed by atoms with Crippen LogP contribution < -0.4 is 5.32 Å². The van der Waals surface area contributed by atoms with Crippen LogP contribution in [0.15, 0.2) is 53.4 Å². The lowest BCUT2D eigenvalue weighted by atomic mass is 10.2. The normalized spacial score (nSPS) is 11.5. The highest BCUT2D eigenvalue weighted by molar-refractivity contribution is 7.89. The Kier molecular flexibility index (Phi) is 9.03. The Bertz CT molecular complexity index is 1010. The molecule has 2 aromatic rings. The molecule has 0 bridgehead atoms. The molecule has 0 fully saturated rings. The van der Waals surface area contributed by atoms with Crippen LogP contribution in [0.5, 0.6) is 0 Å². The Morgan fingerprint density at radius 3 is 2.35 bits per heavy atom. The summed E-state index contributed by atoms with van der Waals surface area (Å²) in [5.41, 5.74) is 0.705. The summed E-state index contributed by atoms with van der Waals surface area (Å²) in [5, 5.41) is 2.80. The Morgan fingerprint density at radius 1 is 1.10 bits per heavy atom. The first-order valence-corrected chi connectivity index (χ1v) is 11.8. The molecule has 1 amide bonds. The molecule has 2 aromatic carbocycles. The summed E-state index contributed by atoms with van der Waals surface area (Å²) < 4.78 is 32.1. The lowest BCUT2D eigenvalue weighted by molar-refractivity contribution is -0.125. The number of halogens is 1. The maximum absolute atomic E-state index is 12.9. The van der Waals surface area contributed by atoms with Gasteiger partial charge in [-0.1, -0.05) is 55.8 Å². The lowest BCUT2D eigenvalue weighted by Crippen LogP contribution is -2.36. The second-order valence-electron chi connectivity index (χ2n) is 7.05. The third-order valence-corrected chi connectivity index (χ3v) is 6.93. The molecule has 0 aliphatic rings.